The minimum Gasteiger partial charge on any atom is -0.497 e. The molecule has 0 saturated heterocycles. The lowest BCUT2D eigenvalue weighted by molar-refractivity contribution is -0.119. The Hall–Kier alpha value is -3.32. The Morgan fingerprint density at radius 2 is 1.78 bits per heavy atom. The molecule has 0 atom stereocenters. The third kappa shape index (κ3) is 4.27. The molecule has 0 aliphatic heterocycles. The van der Waals surface area contributed by atoms with Crippen LogP contribution >= 0.6 is 0 Å². The number of carbonyl (C=O) groups excluding carboxylic acids is 2. The number of fused-ring (bicyclic) bond motifs is 1. The van der Waals surface area contributed by atoms with Crippen molar-refractivity contribution in [3.63, 3.8) is 0 Å². The molecule has 0 spiro atoms. The molecule has 1 N–H and O–H groups in total. The minimum absolute atomic E-state index is 0.0373. The lowest BCUT2D eigenvalue weighted by atomic mass is 10.1. The zero-order valence-corrected chi connectivity index (χ0v) is 15.0. The highest BCUT2D eigenvalue weighted by Crippen LogP contribution is 2.27. The van der Waals surface area contributed by atoms with Gasteiger partial charge in [-0.3, -0.25) is 4.79 Å². The van der Waals surface area contributed by atoms with Gasteiger partial charge in [0, 0.05) is 23.7 Å². The molecule has 0 aliphatic rings. The molecule has 0 fully saturated rings. The van der Waals surface area contributed by atoms with Crippen LogP contribution in [0.3, 0.4) is 0 Å². The molecule has 3 aromatic rings. The largest absolute Gasteiger partial charge is 0.497 e. The average Bonchev–Trinajstić information content (AvgIpc) is 3.06. The third-order valence-electron chi connectivity index (χ3n) is 3.88. The fraction of sp³-hybridized carbons (Fsp3) is 0.200. The van der Waals surface area contributed by atoms with Crippen molar-refractivity contribution in [1.29, 1.82) is 0 Å². The lowest BCUT2D eigenvalue weighted by Crippen LogP contribution is -2.21. The summed E-state index contributed by atoms with van der Waals surface area (Å²) in [6.07, 6.45) is 0. The molecular weight excluding hydrogens is 350 g/mol. The fourth-order valence-electron chi connectivity index (χ4n) is 2.62. The number of benzene rings is 2. The first-order valence-electron chi connectivity index (χ1n) is 8.22. The maximum atomic E-state index is 12.4. The highest BCUT2D eigenvalue weighted by molar-refractivity contribution is 5.98. The molecule has 7 nitrogen and oxygen atoms in total. The highest BCUT2D eigenvalue weighted by Gasteiger charge is 2.22. The first kappa shape index (κ1) is 18.5. The van der Waals surface area contributed by atoms with Gasteiger partial charge in [-0.1, -0.05) is 18.2 Å². The average molecular weight is 369 g/mol. The zero-order valence-electron chi connectivity index (χ0n) is 15.0. The summed E-state index contributed by atoms with van der Waals surface area (Å²) in [4.78, 5) is 24.4. The first-order chi connectivity index (χ1) is 13.1. The van der Waals surface area contributed by atoms with Gasteiger partial charge in [0.15, 0.2) is 6.61 Å². The summed E-state index contributed by atoms with van der Waals surface area (Å²) in [7, 11) is 3.09. The van der Waals surface area contributed by atoms with E-state index in [2.05, 4.69) is 5.32 Å². The number of hydrogen-bond acceptors (Lipinski definition) is 6. The van der Waals surface area contributed by atoms with Gasteiger partial charge >= 0.3 is 5.97 Å². The van der Waals surface area contributed by atoms with E-state index in [4.69, 9.17) is 18.6 Å². The van der Waals surface area contributed by atoms with Gasteiger partial charge in [0.1, 0.15) is 11.3 Å². The maximum Gasteiger partial charge on any atom is 0.375 e. The molecular formula is C20H19NO6. The molecule has 27 heavy (non-hydrogen) atoms. The van der Waals surface area contributed by atoms with Crippen LogP contribution in [-0.2, 0) is 20.9 Å². The maximum absolute atomic E-state index is 12.4. The summed E-state index contributed by atoms with van der Waals surface area (Å²) >= 11 is 0. The molecule has 1 heterocycles. The van der Waals surface area contributed by atoms with Gasteiger partial charge in [-0.15, -0.1) is 0 Å². The van der Waals surface area contributed by atoms with E-state index < -0.39 is 18.5 Å². The molecule has 3 rings (SSSR count). The number of furan rings is 1. The van der Waals surface area contributed by atoms with Crippen LogP contribution in [0.15, 0.2) is 52.9 Å². The summed E-state index contributed by atoms with van der Waals surface area (Å²) in [6, 6.07) is 14.0. The zero-order chi connectivity index (χ0) is 19.2. The summed E-state index contributed by atoms with van der Waals surface area (Å²) < 4.78 is 20.9. The van der Waals surface area contributed by atoms with Crippen molar-refractivity contribution in [2.24, 2.45) is 0 Å². The molecule has 2 aromatic carbocycles. The third-order valence-corrected chi connectivity index (χ3v) is 3.88. The van der Waals surface area contributed by atoms with Crippen LogP contribution in [0, 0.1) is 0 Å². The van der Waals surface area contributed by atoms with Crippen molar-refractivity contribution in [2.45, 2.75) is 6.61 Å². The summed E-state index contributed by atoms with van der Waals surface area (Å²) in [5.74, 6) is -0.466. The normalized spacial score (nSPS) is 10.6. The topological polar surface area (TPSA) is 87.0 Å². The predicted molar refractivity (Wildman–Crippen MR) is 98.8 cm³/mol. The fourth-order valence-corrected chi connectivity index (χ4v) is 2.62. The minimum atomic E-state index is -0.719. The lowest BCUT2D eigenvalue weighted by Gasteiger charge is -2.07. The molecule has 0 aliphatic carbocycles. The number of nitrogens with one attached hydrogen (secondary N) is 1. The number of amides is 1. The molecule has 0 unspecified atom stereocenters. The van der Waals surface area contributed by atoms with E-state index in [1.54, 1.807) is 43.5 Å². The number of methoxy groups -OCH3 is 2. The predicted octanol–water partition coefficient (Wildman–Crippen LogP) is 3.38. The van der Waals surface area contributed by atoms with Gasteiger partial charge in [-0.25, -0.2) is 4.79 Å². The Bertz CT molecular complexity index is 945. The number of hydrogen-bond donors (Lipinski definition) is 1. The van der Waals surface area contributed by atoms with Crippen molar-refractivity contribution in [3.8, 4) is 5.75 Å². The van der Waals surface area contributed by atoms with Crippen LogP contribution < -0.4 is 10.1 Å². The van der Waals surface area contributed by atoms with Crippen molar-refractivity contribution < 1.29 is 28.2 Å². The van der Waals surface area contributed by atoms with Crippen LogP contribution in [-0.4, -0.2) is 32.7 Å². The van der Waals surface area contributed by atoms with Gasteiger partial charge in [-0.05, 0) is 30.3 Å². The quantitative estimate of drug-likeness (QED) is 0.643. The molecule has 1 aromatic heterocycles. The van der Waals surface area contributed by atoms with Crippen molar-refractivity contribution in [2.75, 3.05) is 26.1 Å². The van der Waals surface area contributed by atoms with Crippen molar-refractivity contribution in [1.82, 2.24) is 0 Å². The van der Waals surface area contributed by atoms with Crippen LogP contribution in [0.1, 0.15) is 16.1 Å². The Kier molecular flexibility index (Phi) is 5.73. The van der Waals surface area contributed by atoms with Crippen molar-refractivity contribution >= 4 is 28.5 Å². The molecule has 0 bridgehead atoms. The van der Waals surface area contributed by atoms with Gasteiger partial charge < -0.3 is 23.9 Å². The van der Waals surface area contributed by atoms with Crippen LogP contribution in [0.5, 0.6) is 5.75 Å². The monoisotopic (exact) mass is 369 g/mol. The number of esters is 1. The van der Waals surface area contributed by atoms with Gasteiger partial charge in [0.2, 0.25) is 5.76 Å². The highest BCUT2D eigenvalue weighted by atomic mass is 16.5. The van der Waals surface area contributed by atoms with Gasteiger partial charge in [-0.2, -0.15) is 0 Å². The van der Waals surface area contributed by atoms with E-state index in [-0.39, 0.29) is 12.4 Å². The van der Waals surface area contributed by atoms with Crippen LogP contribution in [0.2, 0.25) is 0 Å². The van der Waals surface area contributed by atoms with E-state index in [9.17, 15) is 9.59 Å². The summed E-state index contributed by atoms with van der Waals surface area (Å²) in [5, 5.41) is 3.41. The standard InChI is InChI=1S/C20H19NO6/c1-24-11-16-15-5-3-4-6-17(15)27-19(16)20(23)26-12-18(22)21-13-7-9-14(25-2)10-8-13/h3-10H,11-12H2,1-2H3,(H,21,22). The Balaban J connectivity index is 1.65. The van der Waals surface area contributed by atoms with Gasteiger partial charge in [0.25, 0.3) is 5.91 Å². The second-order valence-electron chi connectivity index (χ2n) is 5.69. The number of carbonyl (C=O) groups is 2. The van der Waals surface area contributed by atoms with E-state index in [1.807, 2.05) is 12.1 Å². The number of rotatable bonds is 7. The van der Waals surface area contributed by atoms with E-state index in [0.29, 0.717) is 22.6 Å². The SMILES string of the molecule is COCc1c(C(=O)OCC(=O)Nc2ccc(OC)cc2)oc2ccccc12. The Morgan fingerprint density at radius 3 is 2.48 bits per heavy atom. The molecule has 140 valence electrons. The summed E-state index contributed by atoms with van der Waals surface area (Å²) in [5.41, 5.74) is 1.72. The number of ether oxygens (including phenoxy) is 3. The van der Waals surface area contributed by atoms with Gasteiger partial charge in [0.05, 0.1) is 13.7 Å². The van der Waals surface area contributed by atoms with E-state index in [0.717, 1.165) is 5.39 Å². The van der Waals surface area contributed by atoms with E-state index >= 15 is 0 Å². The molecule has 0 radical (unpaired) electrons. The molecule has 7 heteroatoms. The second-order valence-corrected chi connectivity index (χ2v) is 5.69. The molecule has 0 saturated carbocycles. The number of anilines is 1. The van der Waals surface area contributed by atoms with Crippen LogP contribution in [0.4, 0.5) is 5.69 Å². The van der Waals surface area contributed by atoms with Crippen LogP contribution in [0.25, 0.3) is 11.0 Å². The van der Waals surface area contributed by atoms with E-state index in [1.165, 1.54) is 7.11 Å². The van der Waals surface area contributed by atoms with Crippen molar-refractivity contribution in [3.05, 3.63) is 59.9 Å². The summed E-state index contributed by atoms with van der Waals surface area (Å²) in [6.45, 7) is -0.242. The number of para-hydroxylation sites is 1. The Morgan fingerprint density at radius 1 is 1.04 bits per heavy atom. The smallest absolute Gasteiger partial charge is 0.375 e. The Labute approximate surface area is 155 Å². The molecule has 1 amide bonds. The second kappa shape index (κ2) is 8.37. The first-order valence-corrected chi connectivity index (χ1v) is 8.22.